The molecule has 0 aliphatic carbocycles. The number of esters is 1. The van der Waals surface area contributed by atoms with Crippen molar-refractivity contribution in [1.29, 1.82) is 0 Å². The van der Waals surface area contributed by atoms with Gasteiger partial charge in [0.2, 0.25) is 0 Å². The van der Waals surface area contributed by atoms with Crippen LogP contribution in [-0.4, -0.2) is 27.8 Å². The highest BCUT2D eigenvalue weighted by molar-refractivity contribution is 5.88. The summed E-state index contributed by atoms with van der Waals surface area (Å²) in [5, 5.41) is 17.9. The van der Waals surface area contributed by atoms with Crippen LogP contribution in [0, 0.1) is 5.82 Å². The molecule has 17 heavy (non-hydrogen) atoms. The van der Waals surface area contributed by atoms with Gasteiger partial charge in [-0.3, -0.25) is 0 Å². The van der Waals surface area contributed by atoms with Crippen LogP contribution in [0.1, 0.15) is 24.2 Å². The summed E-state index contributed by atoms with van der Waals surface area (Å²) in [6.07, 6.45) is 0. The molecule has 0 spiro atoms. The molecule has 0 aromatic heterocycles. The fourth-order valence-corrected chi connectivity index (χ4v) is 0.941. The van der Waals surface area contributed by atoms with Gasteiger partial charge in [0, 0.05) is 0 Å². The lowest BCUT2D eigenvalue weighted by Gasteiger charge is -2.15. The molecule has 1 rings (SSSR count). The summed E-state index contributed by atoms with van der Waals surface area (Å²) < 4.78 is 17.9. The average Bonchev–Trinajstić information content (AvgIpc) is 2.19. The summed E-state index contributed by atoms with van der Waals surface area (Å²) in [5.41, 5.74) is -2.01. The number of hydrogen-bond acceptors (Lipinski definition) is 4. The number of carboxylic acids is 1. The maximum absolute atomic E-state index is 13.3. The van der Waals surface area contributed by atoms with E-state index in [0.29, 0.717) is 0 Å². The predicted octanol–water partition coefficient (Wildman–Crippen LogP) is 1.20. The molecule has 0 radical (unpaired) electrons. The predicted molar refractivity (Wildman–Crippen MR) is 55.3 cm³/mol. The van der Waals surface area contributed by atoms with E-state index in [2.05, 4.69) is 4.74 Å². The van der Waals surface area contributed by atoms with Crippen LogP contribution in [0.3, 0.4) is 0 Å². The molecule has 0 amide bonds. The molecular weight excluding hydrogens is 231 g/mol. The molecule has 1 aromatic rings. The van der Waals surface area contributed by atoms with E-state index in [1.54, 1.807) is 0 Å². The molecule has 6 heteroatoms. The van der Waals surface area contributed by atoms with E-state index in [4.69, 9.17) is 5.11 Å². The number of aliphatic hydroxyl groups is 1. The summed E-state index contributed by atoms with van der Waals surface area (Å²) in [6, 6.07) is 2.84. The third-order valence-electron chi connectivity index (χ3n) is 1.88. The smallest absolute Gasteiger partial charge is 0.343 e. The molecule has 0 heterocycles. The lowest BCUT2D eigenvalue weighted by Crippen LogP contribution is -2.35. The minimum absolute atomic E-state index is 0.259. The van der Waals surface area contributed by atoms with E-state index in [1.165, 1.54) is 13.8 Å². The molecule has 0 unspecified atom stereocenters. The fourth-order valence-electron chi connectivity index (χ4n) is 0.941. The van der Waals surface area contributed by atoms with E-state index < -0.39 is 29.1 Å². The van der Waals surface area contributed by atoms with Crippen molar-refractivity contribution in [3.8, 4) is 5.75 Å². The number of carboxylic acid groups (broad SMARTS) is 1. The first-order valence-corrected chi connectivity index (χ1v) is 4.69. The van der Waals surface area contributed by atoms with Crippen LogP contribution in [0.25, 0.3) is 0 Å². The molecule has 92 valence electrons. The van der Waals surface area contributed by atoms with E-state index in [1.807, 2.05) is 0 Å². The topological polar surface area (TPSA) is 83.8 Å². The summed E-state index contributed by atoms with van der Waals surface area (Å²) >= 11 is 0. The van der Waals surface area contributed by atoms with Crippen LogP contribution in [0.4, 0.5) is 4.39 Å². The minimum Gasteiger partial charge on any atom is -0.478 e. The maximum atomic E-state index is 13.3. The second kappa shape index (κ2) is 4.50. The number of carbonyl (C=O) groups is 2. The number of hydrogen-bond donors (Lipinski definition) is 2. The molecule has 2 N–H and O–H groups in total. The summed E-state index contributed by atoms with van der Waals surface area (Å²) in [5.74, 6) is -3.73. The first-order chi connectivity index (χ1) is 7.71. The van der Waals surface area contributed by atoms with E-state index in [-0.39, 0.29) is 5.56 Å². The number of benzene rings is 1. The second-order valence-corrected chi connectivity index (χ2v) is 3.90. The average molecular weight is 242 g/mol. The first-order valence-electron chi connectivity index (χ1n) is 4.69. The third kappa shape index (κ3) is 3.25. The Kier molecular flexibility index (Phi) is 3.47. The zero-order chi connectivity index (χ0) is 13.2. The molecule has 5 nitrogen and oxygen atoms in total. The Bertz CT molecular complexity index is 461. The van der Waals surface area contributed by atoms with Crippen LogP contribution in [0.5, 0.6) is 5.75 Å². The number of ether oxygens (including phenoxy) is 1. The molecule has 0 fully saturated rings. The molecule has 0 saturated heterocycles. The van der Waals surface area contributed by atoms with Crippen molar-refractivity contribution in [3.05, 3.63) is 29.6 Å². The molecule has 0 saturated carbocycles. The van der Waals surface area contributed by atoms with Crippen LogP contribution in [-0.2, 0) is 4.79 Å². The van der Waals surface area contributed by atoms with Crippen LogP contribution in [0.15, 0.2) is 18.2 Å². The Balaban J connectivity index is 2.95. The summed E-state index contributed by atoms with van der Waals surface area (Å²) in [7, 11) is 0. The monoisotopic (exact) mass is 242 g/mol. The van der Waals surface area contributed by atoms with E-state index in [0.717, 1.165) is 18.2 Å². The summed E-state index contributed by atoms with van der Waals surface area (Å²) in [6.45, 7) is 2.39. The summed E-state index contributed by atoms with van der Waals surface area (Å²) in [4.78, 5) is 21.8. The Morgan fingerprint density at radius 2 is 1.94 bits per heavy atom. The lowest BCUT2D eigenvalue weighted by atomic mass is 10.1. The first kappa shape index (κ1) is 13.1. The van der Waals surface area contributed by atoms with Crippen LogP contribution < -0.4 is 4.74 Å². The van der Waals surface area contributed by atoms with Gasteiger partial charge < -0.3 is 14.9 Å². The van der Waals surface area contributed by atoms with Gasteiger partial charge in [0.1, 0.15) is 0 Å². The highest BCUT2D eigenvalue weighted by Crippen LogP contribution is 2.20. The van der Waals surface area contributed by atoms with Gasteiger partial charge in [-0.2, -0.15) is 0 Å². The van der Waals surface area contributed by atoms with Crippen molar-refractivity contribution in [2.45, 2.75) is 19.4 Å². The zero-order valence-electron chi connectivity index (χ0n) is 9.23. The van der Waals surface area contributed by atoms with Gasteiger partial charge in [0.05, 0.1) is 5.56 Å². The number of aromatic carboxylic acids is 1. The molecule has 0 atom stereocenters. The maximum Gasteiger partial charge on any atom is 0.343 e. The van der Waals surface area contributed by atoms with Gasteiger partial charge in [-0.05, 0) is 32.0 Å². The number of halogens is 1. The van der Waals surface area contributed by atoms with E-state index >= 15 is 0 Å². The van der Waals surface area contributed by atoms with Gasteiger partial charge in [0.15, 0.2) is 17.2 Å². The normalized spacial score (nSPS) is 11.1. The van der Waals surface area contributed by atoms with Crippen molar-refractivity contribution in [1.82, 2.24) is 0 Å². The molecular formula is C11H11FO5. The minimum atomic E-state index is -1.75. The standard InChI is InChI=1S/C11H11FO5/c1-11(2,16)10(15)17-8-4-3-6(9(13)14)5-7(8)12/h3-5,16H,1-2H3,(H,13,14). The van der Waals surface area contributed by atoms with Crippen molar-refractivity contribution in [2.24, 2.45) is 0 Å². The largest absolute Gasteiger partial charge is 0.478 e. The van der Waals surface area contributed by atoms with Crippen molar-refractivity contribution < 1.29 is 28.9 Å². The quantitative estimate of drug-likeness (QED) is 0.614. The van der Waals surface area contributed by atoms with Crippen LogP contribution in [0.2, 0.25) is 0 Å². The third-order valence-corrected chi connectivity index (χ3v) is 1.88. The highest BCUT2D eigenvalue weighted by Gasteiger charge is 2.27. The van der Waals surface area contributed by atoms with Gasteiger partial charge in [-0.15, -0.1) is 0 Å². The van der Waals surface area contributed by atoms with Crippen molar-refractivity contribution >= 4 is 11.9 Å². The van der Waals surface area contributed by atoms with E-state index in [9.17, 15) is 19.1 Å². The SMILES string of the molecule is CC(C)(O)C(=O)Oc1ccc(C(=O)O)cc1F. The Hall–Kier alpha value is -1.95. The van der Waals surface area contributed by atoms with Gasteiger partial charge >= 0.3 is 11.9 Å². The van der Waals surface area contributed by atoms with Gasteiger partial charge in [0.25, 0.3) is 0 Å². The molecule has 1 aromatic carbocycles. The van der Waals surface area contributed by atoms with Crippen molar-refractivity contribution in [3.63, 3.8) is 0 Å². The molecule has 0 bridgehead atoms. The van der Waals surface area contributed by atoms with Crippen LogP contribution >= 0.6 is 0 Å². The Labute approximate surface area is 96.4 Å². The number of rotatable bonds is 3. The lowest BCUT2D eigenvalue weighted by molar-refractivity contribution is -0.151. The van der Waals surface area contributed by atoms with Gasteiger partial charge in [-0.25, -0.2) is 14.0 Å². The highest BCUT2D eigenvalue weighted by atomic mass is 19.1. The zero-order valence-corrected chi connectivity index (χ0v) is 9.23. The molecule has 0 aliphatic rings. The molecule has 0 aliphatic heterocycles. The Morgan fingerprint density at radius 3 is 2.35 bits per heavy atom. The Morgan fingerprint density at radius 1 is 1.35 bits per heavy atom. The van der Waals surface area contributed by atoms with Gasteiger partial charge in [-0.1, -0.05) is 0 Å². The fraction of sp³-hybridized carbons (Fsp3) is 0.273. The van der Waals surface area contributed by atoms with Crippen molar-refractivity contribution in [2.75, 3.05) is 0 Å². The number of carbonyl (C=O) groups excluding carboxylic acids is 1. The second-order valence-electron chi connectivity index (χ2n) is 3.90.